The van der Waals surface area contributed by atoms with E-state index in [1.165, 1.54) is 0 Å². The van der Waals surface area contributed by atoms with Crippen molar-refractivity contribution in [2.75, 3.05) is 13.2 Å². The lowest BCUT2D eigenvalue weighted by atomic mass is 9.69. The Kier molecular flexibility index (Phi) is 7.65. The first-order valence-electron chi connectivity index (χ1n) is 9.92. The van der Waals surface area contributed by atoms with E-state index in [4.69, 9.17) is 15.2 Å². The average Bonchev–Trinajstić information content (AvgIpc) is 2.67. The van der Waals surface area contributed by atoms with Crippen LogP contribution in [0.1, 0.15) is 58.4 Å². The van der Waals surface area contributed by atoms with Crippen LogP contribution in [0.5, 0.6) is 5.75 Å². The van der Waals surface area contributed by atoms with E-state index >= 15 is 0 Å². The van der Waals surface area contributed by atoms with E-state index in [2.05, 4.69) is 5.32 Å². The number of nitrogens with one attached hydrogen (secondary N) is 1. The molecule has 1 aliphatic carbocycles. The summed E-state index contributed by atoms with van der Waals surface area (Å²) >= 11 is 0. The molecule has 7 heteroatoms. The summed E-state index contributed by atoms with van der Waals surface area (Å²) in [6.45, 7) is 5.20. The van der Waals surface area contributed by atoms with Gasteiger partial charge in [0.25, 0.3) is 0 Å². The fourth-order valence-corrected chi connectivity index (χ4v) is 3.48. The first-order valence-corrected chi connectivity index (χ1v) is 9.92. The molecule has 0 atom stereocenters. The molecule has 0 aromatic heterocycles. The number of nitrogens with two attached hydrogens (primary N) is 1. The molecule has 3 N–H and O–H groups in total. The highest BCUT2D eigenvalue weighted by atomic mass is 19.1. The van der Waals surface area contributed by atoms with Crippen molar-refractivity contribution in [3.63, 3.8) is 0 Å². The van der Waals surface area contributed by atoms with Gasteiger partial charge in [-0.15, -0.1) is 0 Å². The van der Waals surface area contributed by atoms with Crippen LogP contribution in [-0.4, -0.2) is 30.8 Å². The second kappa shape index (κ2) is 9.76. The topological polar surface area (TPSA) is 90.7 Å². The van der Waals surface area contributed by atoms with Gasteiger partial charge >= 0.3 is 6.09 Å². The smallest absolute Gasteiger partial charge is 0.407 e. The van der Waals surface area contributed by atoms with Crippen molar-refractivity contribution in [3.8, 4) is 5.75 Å². The number of halogens is 1. The Labute approximate surface area is 171 Å². The quantitative estimate of drug-likeness (QED) is 0.712. The molecule has 0 bridgehead atoms. The minimum absolute atomic E-state index is 0.0559. The van der Waals surface area contributed by atoms with E-state index < -0.39 is 17.0 Å². The Morgan fingerprint density at radius 3 is 2.28 bits per heavy atom. The Morgan fingerprint density at radius 1 is 1.14 bits per heavy atom. The maximum Gasteiger partial charge on any atom is 0.407 e. The largest absolute Gasteiger partial charge is 0.489 e. The molecule has 0 saturated heterocycles. The molecule has 0 heterocycles. The highest BCUT2D eigenvalue weighted by Gasteiger charge is 2.39. The molecule has 29 heavy (non-hydrogen) atoms. The predicted octanol–water partition coefficient (Wildman–Crippen LogP) is 4.13. The third kappa shape index (κ3) is 6.48. The van der Waals surface area contributed by atoms with Crippen molar-refractivity contribution in [2.45, 2.75) is 63.8 Å². The summed E-state index contributed by atoms with van der Waals surface area (Å²) in [4.78, 5) is 23.8. The minimum atomic E-state index is -0.620. The molecule has 1 aromatic carbocycles. The predicted molar refractivity (Wildman–Crippen MR) is 109 cm³/mol. The SMILES string of the molecule is CC(C)(C)NC(=O)OC/C(=C/F)COc1ccc(C2(C(N)=O)CCCCC2)cc1. The van der Waals surface area contributed by atoms with Crippen LogP contribution >= 0.6 is 0 Å². The number of carbonyl (C=O) groups excluding carboxylic acids is 2. The fraction of sp³-hybridized carbons (Fsp3) is 0.545. The summed E-state index contributed by atoms with van der Waals surface area (Å²) in [6, 6.07) is 7.18. The Morgan fingerprint density at radius 2 is 1.76 bits per heavy atom. The van der Waals surface area contributed by atoms with E-state index in [0.29, 0.717) is 12.1 Å². The van der Waals surface area contributed by atoms with Crippen LogP contribution in [0.15, 0.2) is 36.2 Å². The number of ether oxygens (including phenoxy) is 2. The van der Waals surface area contributed by atoms with E-state index in [1.54, 1.807) is 12.1 Å². The van der Waals surface area contributed by atoms with Crippen LogP contribution in [-0.2, 0) is 14.9 Å². The van der Waals surface area contributed by atoms with Crippen LogP contribution < -0.4 is 15.8 Å². The van der Waals surface area contributed by atoms with Crippen molar-refractivity contribution in [3.05, 3.63) is 41.7 Å². The number of hydrogen-bond donors (Lipinski definition) is 2. The standard InChI is InChI=1S/C22H31FN2O4/c1-21(2,3)25-20(27)29-15-16(13-23)14-28-18-9-7-17(8-10-18)22(19(24)26)11-5-4-6-12-22/h7-10,13H,4-6,11-12,14-15H2,1-3H3,(H2,24,26)(H,25,27)/b16-13+. The first kappa shape index (κ1) is 22.7. The molecule has 1 saturated carbocycles. The van der Waals surface area contributed by atoms with Crippen LogP contribution in [0.3, 0.4) is 0 Å². The van der Waals surface area contributed by atoms with Gasteiger partial charge in [0.05, 0.1) is 11.7 Å². The lowest BCUT2D eigenvalue weighted by Gasteiger charge is -2.34. The van der Waals surface area contributed by atoms with Gasteiger partial charge < -0.3 is 20.5 Å². The second-order valence-electron chi connectivity index (χ2n) is 8.54. The average molecular weight is 406 g/mol. The molecule has 2 rings (SSSR count). The molecule has 160 valence electrons. The summed E-state index contributed by atoms with van der Waals surface area (Å²) in [7, 11) is 0. The summed E-state index contributed by atoms with van der Waals surface area (Å²) in [5.74, 6) is 0.238. The van der Waals surface area contributed by atoms with Crippen molar-refractivity contribution in [1.29, 1.82) is 0 Å². The number of rotatable bonds is 7. The number of amides is 2. The molecule has 6 nitrogen and oxygen atoms in total. The van der Waals surface area contributed by atoms with E-state index in [-0.39, 0.29) is 24.7 Å². The van der Waals surface area contributed by atoms with Gasteiger partial charge in [-0.3, -0.25) is 4.79 Å². The van der Waals surface area contributed by atoms with Gasteiger partial charge in [-0.2, -0.15) is 0 Å². The summed E-state index contributed by atoms with van der Waals surface area (Å²) < 4.78 is 23.7. The Bertz CT molecular complexity index is 732. The maximum atomic E-state index is 13.1. The molecule has 1 aromatic rings. The van der Waals surface area contributed by atoms with E-state index in [9.17, 15) is 14.0 Å². The molecule has 1 fully saturated rings. The van der Waals surface area contributed by atoms with Gasteiger partial charge in [0, 0.05) is 11.1 Å². The lowest BCUT2D eigenvalue weighted by molar-refractivity contribution is -0.124. The zero-order valence-corrected chi connectivity index (χ0v) is 17.4. The zero-order valence-electron chi connectivity index (χ0n) is 17.4. The molecule has 0 unspecified atom stereocenters. The molecule has 0 aliphatic heterocycles. The second-order valence-corrected chi connectivity index (χ2v) is 8.54. The number of carbonyl (C=O) groups is 2. The highest BCUT2D eigenvalue weighted by Crippen LogP contribution is 2.39. The fourth-order valence-electron chi connectivity index (χ4n) is 3.48. The Hall–Kier alpha value is -2.57. The van der Waals surface area contributed by atoms with Gasteiger partial charge in [0.15, 0.2) is 0 Å². The molecule has 0 spiro atoms. The van der Waals surface area contributed by atoms with E-state index in [1.807, 2.05) is 32.9 Å². The lowest BCUT2D eigenvalue weighted by Crippen LogP contribution is -2.42. The summed E-state index contributed by atoms with van der Waals surface area (Å²) in [6.07, 6.45) is 4.35. The van der Waals surface area contributed by atoms with Gasteiger partial charge in [-0.05, 0) is 51.3 Å². The van der Waals surface area contributed by atoms with E-state index in [0.717, 1.165) is 37.7 Å². The molecule has 0 radical (unpaired) electrons. The first-order chi connectivity index (χ1) is 13.7. The van der Waals surface area contributed by atoms with Gasteiger partial charge in [-0.1, -0.05) is 31.4 Å². The van der Waals surface area contributed by atoms with Crippen LogP contribution in [0.4, 0.5) is 9.18 Å². The molecular formula is C22H31FN2O4. The number of hydrogen-bond acceptors (Lipinski definition) is 4. The number of alkyl carbamates (subject to hydrolysis) is 1. The van der Waals surface area contributed by atoms with Crippen molar-refractivity contribution >= 4 is 12.0 Å². The zero-order chi connectivity index (χ0) is 21.5. The highest BCUT2D eigenvalue weighted by molar-refractivity contribution is 5.86. The van der Waals surface area contributed by atoms with Crippen LogP contribution in [0.2, 0.25) is 0 Å². The summed E-state index contributed by atoms with van der Waals surface area (Å²) in [5, 5.41) is 2.63. The van der Waals surface area contributed by atoms with Crippen LogP contribution in [0.25, 0.3) is 0 Å². The molecule has 2 amide bonds. The summed E-state index contributed by atoms with van der Waals surface area (Å²) in [5.41, 5.74) is 5.75. The molecular weight excluding hydrogens is 375 g/mol. The third-order valence-corrected chi connectivity index (χ3v) is 5.03. The van der Waals surface area contributed by atoms with Gasteiger partial charge in [-0.25, -0.2) is 9.18 Å². The van der Waals surface area contributed by atoms with Gasteiger partial charge in [0.2, 0.25) is 5.91 Å². The van der Waals surface area contributed by atoms with Gasteiger partial charge in [0.1, 0.15) is 19.0 Å². The van der Waals surface area contributed by atoms with Crippen molar-refractivity contribution in [2.24, 2.45) is 5.73 Å². The number of benzene rings is 1. The Balaban J connectivity index is 1.92. The third-order valence-electron chi connectivity index (χ3n) is 5.03. The monoisotopic (exact) mass is 406 g/mol. The minimum Gasteiger partial charge on any atom is -0.489 e. The molecule has 1 aliphatic rings. The van der Waals surface area contributed by atoms with Crippen molar-refractivity contribution in [1.82, 2.24) is 5.32 Å². The normalized spacial score (nSPS) is 16.8. The van der Waals surface area contributed by atoms with Crippen molar-refractivity contribution < 1.29 is 23.5 Å². The number of primary amides is 1. The maximum absolute atomic E-state index is 13.1. The van der Waals surface area contributed by atoms with Crippen LogP contribution in [0, 0.1) is 0 Å².